The van der Waals surface area contributed by atoms with E-state index < -0.39 is 12.1 Å². The van der Waals surface area contributed by atoms with Crippen LogP contribution < -0.4 is 10.6 Å². The van der Waals surface area contributed by atoms with E-state index in [0.717, 1.165) is 24.0 Å². The largest absolute Gasteiger partial charge is 0.481 e. The van der Waals surface area contributed by atoms with E-state index in [1.165, 1.54) is 11.1 Å². The zero-order valence-electron chi connectivity index (χ0n) is 19.5. The predicted octanol–water partition coefficient (Wildman–Crippen LogP) is 4.31. The Balaban J connectivity index is 1.20. The molecule has 0 saturated heterocycles. The topological polar surface area (TPSA) is 105 Å². The highest BCUT2D eigenvalue weighted by molar-refractivity contribution is 5.79. The van der Waals surface area contributed by atoms with E-state index in [9.17, 15) is 14.4 Å². The number of carbonyl (C=O) groups excluding carboxylic acids is 2. The molecule has 4 rings (SSSR count). The molecular weight excluding hydrogens is 432 g/mol. The van der Waals surface area contributed by atoms with Crippen molar-refractivity contribution in [1.82, 2.24) is 10.6 Å². The molecule has 0 aromatic heterocycles. The molecule has 7 nitrogen and oxygen atoms in total. The van der Waals surface area contributed by atoms with Crippen LogP contribution in [0.4, 0.5) is 4.79 Å². The number of alkyl carbamates (subject to hydrolysis) is 1. The SMILES string of the molecule is CC(CC(=O)NCC1CCC(C(=O)O)CC1)NC(=O)OCC1c2ccccc2-c2ccccc21. The van der Waals surface area contributed by atoms with Crippen LogP contribution in [0, 0.1) is 11.8 Å². The van der Waals surface area contributed by atoms with Crippen LogP contribution in [0.3, 0.4) is 0 Å². The first-order valence-electron chi connectivity index (χ1n) is 12.0. The molecule has 34 heavy (non-hydrogen) atoms. The van der Waals surface area contributed by atoms with E-state index in [4.69, 9.17) is 9.84 Å². The third-order valence-electron chi connectivity index (χ3n) is 6.98. The van der Waals surface area contributed by atoms with E-state index in [1.807, 2.05) is 24.3 Å². The molecule has 7 heteroatoms. The lowest BCUT2D eigenvalue weighted by atomic mass is 9.82. The van der Waals surface area contributed by atoms with Gasteiger partial charge in [-0.3, -0.25) is 9.59 Å². The normalized spacial score (nSPS) is 20.0. The smallest absolute Gasteiger partial charge is 0.407 e. The first-order valence-corrected chi connectivity index (χ1v) is 12.0. The fourth-order valence-electron chi connectivity index (χ4n) is 5.11. The maximum absolute atomic E-state index is 12.4. The number of amides is 2. The van der Waals surface area contributed by atoms with Gasteiger partial charge in [-0.25, -0.2) is 4.79 Å². The zero-order valence-corrected chi connectivity index (χ0v) is 19.5. The second-order valence-corrected chi connectivity index (χ2v) is 9.44. The summed E-state index contributed by atoms with van der Waals surface area (Å²) in [6.07, 6.45) is 2.57. The zero-order chi connectivity index (χ0) is 24.1. The van der Waals surface area contributed by atoms with E-state index in [1.54, 1.807) is 6.92 Å². The van der Waals surface area contributed by atoms with E-state index in [0.29, 0.717) is 25.3 Å². The van der Waals surface area contributed by atoms with Gasteiger partial charge in [-0.15, -0.1) is 0 Å². The van der Waals surface area contributed by atoms with Crippen molar-refractivity contribution in [3.63, 3.8) is 0 Å². The number of hydrogen-bond donors (Lipinski definition) is 3. The van der Waals surface area contributed by atoms with Gasteiger partial charge in [0, 0.05) is 24.9 Å². The van der Waals surface area contributed by atoms with Gasteiger partial charge in [0.1, 0.15) is 6.61 Å². The van der Waals surface area contributed by atoms with Crippen LogP contribution >= 0.6 is 0 Å². The molecule has 0 radical (unpaired) electrons. The molecule has 0 heterocycles. The number of hydrogen-bond acceptors (Lipinski definition) is 4. The number of rotatable bonds is 8. The maximum Gasteiger partial charge on any atom is 0.407 e. The van der Waals surface area contributed by atoms with Gasteiger partial charge in [0.15, 0.2) is 0 Å². The highest BCUT2D eigenvalue weighted by atomic mass is 16.5. The van der Waals surface area contributed by atoms with Gasteiger partial charge in [0.2, 0.25) is 5.91 Å². The van der Waals surface area contributed by atoms with Crippen LogP contribution in [0.2, 0.25) is 0 Å². The highest BCUT2D eigenvalue weighted by Gasteiger charge is 2.29. The average Bonchev–Trinajstić information content (AvgIpc) is 3.15. The Morgan fingerprint density at radius 1 is 0.971 bits per heavy atom. The van der Waals surface area contributed by atoms with E-state index in [-0.39, 0.29) is 36.8 Å². The lowest BCUT2D eigenvalue weighted by Gasteiger charge is -2.26. The lowest BCUT2D eigenvalue weighted by molar-refractivity contribution is -0.143. The quantitative estimate of drug-likeness (QED) is 0.540. The van der Waals surface area contributed by atoms with Gasteiger partial charge < -0.3 is 20.5 Å². The van der Waals surface area contributed by atoms with E-state index >= 15 is 0 Å². The Hall–Kier alpha value is -3.35. The highest BCUT2D eigenvalue weighted by Crippen LogP contribution is 2.44. The summed E-state index contributed by atoms with van der Waals surface area (Å²) in [5.74, 6) is -0.811. The Kier molecular flexibility index (Phi) is 7.50. The second kappa shape index (κ2) is 10.7. The summed E-state index contributed by atoms with van der Waals surface area (Å²) >= 11 is 0. The summed E-state index contributed by atoms with van der Waals surface area (Å²) in [5.41, 5.74) is 4.66. The Morgan fingerprint density at radius 2 is 1.56 bits per heavy atom. The molecule has 180 valence electrons. The third kappa shape index (κ3) is 5.58. The fraction of sp³-hybridized carbons (Fsp3) is 0.444. The van der Waals surface area contributed by atoms with Crippen LogP contribution in [0.5, 0.6) is 0 Å². The van der Waals surface area contributed by atoms with Crippen LogP contribution in [0.1, 0.15) is 56.1 Å². The van der Waals surface area contributed by atoms with E-state index in [2.05, 4.69) is 34.9 Å². The number of carboxylic acids is 1. The summed E-state index contributed by atoms with van der Waals surface area (Å²) in [5, 5.41) is 14.8. The molecule has 2 aromatic rings. The van der Waals surface area contributed by atoms with Crippen molar-refractivity contribution in [1.29, 1.82) is 0 Å². The predicted molar refractivity (Wildman–Crippen MR) is 128 cm³/mol. The molecule has 2 amide bonds. The standard InChI is InChI=1S/C27H32N2O5/c1-17(14-25(30)28-15-18-10-12-19(13-11-18)26(31)32)29-27(33)34-16-24-22-8-4-2-6-20(22)21-7-3-5-9-23(21)24/h2-9,17-19,24H,10-16H2,1H3,(H,28,30)(H,29,33)(H,31,32). The number of nitrogens with one attached hydrogen (secondary N) is 2. The molecule has 2 aliphatic carbocycles. The second-order valence-electron chi connectivity index (χ2n) is 9.44. The summed E-state index contributed by atoms with van der Waals surface area (Å²) in [6.45, 7) is 2.56. The minimum Gasteiger partial charge on any atom is -0.481 e. The molecule has 1 unspecified atom stereocenters. The number of carbonyl (C=O) groups is 3. The molecule has 0 spiro atoms. The molecular formula is C27H32N2O5. The van der Waals surface area contributed by atoms with Gasteiger partial charge in [-0.05, 0) is 60.8 Å². The first-order chi connectivity index (χ1) is 16.4. The van der Waals surface area contributed by atoms with Crippen LogP contribution in [0.15, 0.2) is 48.5 Å². The third-order valence-corrected chi connectivity index (χ3v) is 6.98. The number of fused-ring (bicyclic) bond motifs is 3. The number of benzene rings is 2. The molecule has 1 fully saturated rings. The van der Waals surface area contributed by atoms with Crippen LogP contribution in [-0.2, 0) is 14.3 Å². The van der Waals surface area contributed by atoms with Gasteiger partial charge in [0.05, 0.1) is 5.92 Å². The van der Waals surface area contributed by atoms with Gasteiger partial charge in [-0.1, -0.05) is 48.5 Å². The van der Waals surface area contributed by atoms with Crippen LogP contribution in [-0.4, -0.2) is 42.3 Å². The van der Waals surface area contributed by atoms with Gasteiger partial charge in [0.25, 0.3) is 0 Å². The summed E-state index contributed by atoms with van der Waals surface area (Å²) in [7, 11) is 0. The number of ether oxygens (including phenoxy) is 1. The Bertz CT molecular complexity index is 999. The Labute approximate surface area is 199 Å². The van der Waals surface area contributed by atoms with Crippen molar-refractivity contribution in [2.45, 2.75) is 51.0 Å². The maximum atomic E-state index is 12.4. The molecule has 2 aromatic carbocycles. The average molecular weight is 465 g/mol. The monoisotopic (exact) mass is 464 g/mol. The van der Waals surface area contributed by atoms with Crippen molar-refractivity contribution < 1.29 is 24.2 Å². The van der Waals surface area contributed by atoms with Crippen molar-refractivity contribution in [2.75, 3.05) is 13.2 Å². The van der Waals surface area contributed by atoms with Crippen molar-refractivity contribution >= 4 is 18.0 Å². The van der Waals surface area contributed by atoms with Crippen molar-refractivity contribution in [3.05, 3.63) is 59.7 Å². The molecule has 0 aliphatic heterocycles. The summed E-state index contributed by atoms with van der Waals surface area (Å²) < 4.78 is 5.55. The molecule has 1 saturated carbocycles. The lowest BCUT2D eigenvalue weighted by Crippen LogP contribution is -2.39. The number of aliphatic carboxylic acids is 1. The van der Waals surface area contributed by atoms with Crippen LogP contribution in [0.25, 0.3) is 11.1 Å². The molecule has 1 atom stereocenters. The first kappa shape index (κ1) is 23.8. The minimum absolute atomic E-state index is 0.00651. The van der Waals surface area contributed by atoms with Crippen molar-refractivity contribution in [3.8, 4) is 11.1 Å². The van der Waals surface area contributed by atoms with Gasteiger partial charge >= 0.3 is 12.1 Å². The number of carboxylic acid groups (broad SMARTS) is 1. The molecule has 0 bridgehead atoms. The van der Waals surface area contributed by atoms with Gasteiger partial charge in [-0.2, -0.15) is 0 Å². The minimum atomic E-state index is -0.726. The fourth-order valence-corrected chi connectivity index (χ4v) is 5.11. The summed E-state index contributed by atoms with van der Waals surface area (Å²) in [6, 6.07) is 16.0. The molecule has 2 aliphatic rings. The molecule has 3 N–H and O–H groups in total. The Morgan fingerprint density at radius 3 is 2.15 bits per heavy atom. The summed E-state index contributed by atoms with van der Waals surface area (Å²) in [4.78, 5) is 35.7. The van der Waals surface area contributed by atoms with Crippen molar-refractivity contribution in [2.24, 2.45) is 11.8 Å².